The van der Waals surface area contributed by atoms with Gasteiger partial charge in [-0.05, 0) is 87.3 Å². The lowest BCUT2D eigenvalue weighted by molar-refractivity contribution is -0.114. The second-order valence-electron chi connectivity index (χ2n) is 9.60. The summed E-state index contributed by atoms with van der Waals surface area (Å²) in [5.41, 5.74) is 4.66. The van der Waals surface area contributed by atoms with Crippen molar-refractivity contribution in [3.05, 3.63) is 78.4 Å². The molecule has 1 amide bonds. The molecule has 4 aromatic rings. The number of fused-ring (bicyclic) bond motifs is 1. The van der Waals surface area contributed by atoms with E-state index < -0.39 is 0 Å². The Morgan fingerprint density at radius 2 is 1.56 bits per heavy atom. The number of aryl methyl sites for hydroxylation is 1. The maximum Gasteiger partial charge on any atom is 0.221 e. The monoisotopic (exact) mass is 609 g/mol. The fourth-order valence-electron chi connectivity index (χ4n) is 3.97. The van der Waals surface area contributed by atoms with Gasteiger partial charge in [-0.2, -0.15) is 0 Å². The lowest BCUT2D eigenvalue weighted by atomic mass is 9.87. The first-order valence-electron chi connectivity index (χ1n) is 15.2. The molecule has 0 aliphatic carbocycles. The molecule has 0 aliphatic heterocycles. The Bertz CT molecular complexity index is 1300. The Morgan fingerprint density at radius 3 is 2.05 bits per heavy atom. The number of carbonyl (C=O) groups excluding carboxylic acids is 1. The number of benzene rings is 2. The molecule has 0 spiro atoms. The number of rotatable bonds is 7. The Labute approximate surface area is 265 Å². The average Bonchev–Trinajstić information content (AvgIpc) is 3.40. The van der Waals surface area contributed by atoms with Crippen molar-refractivity contribution in [1.82, 2.24) is 14.5 Å². The lowest BCUT2D eigenvalue weighted by Crippen LogP contribution is -2.25. The minimum atomic E-state index is -0.313. The van der Waals surface area contributed by atoms with Gasteiger partial charge in [0.05, 0.1) is 22.1 Å². The van der Waals surface area contributed by atoms with Crippen molar-refractivity contribution in [2.75, 3.05) is 30.9 Å². The van der Waals surface area contributed by atoms with E-state index in [0.29, 0.717) is 0 Å². The van der Waals surface area contributed by atoms with Gasteiger partial charge in [-0.15, -0.1) is 0 Å². The number of ether oxygens (including phenoxy) is 1. The number of nitrogens with zero attached hydrogens (tertiary/aromatic N) is 4. The van der Waals surface area contributed by atoms with E-state index in [-0.39, 0.29) is 11.3 Å². The molecule has 0 aliphatic rings. The van der Waals surface area contributed by atoms with E-state index >= 15 is 0 Å². The number of pyridine rings is 1. The maximum atomic E-state index is 11.2. The molecule has 43 heavy (non-hydrogen) atoms. The zero-order valence-corrected chi connectivity index (χ0v) is 29.6. The zero-order valence-electron chi connectivity index (χ0n) is 28.8. The summed E-state index contributed by atoms with van der Waals surface area (Å²) in [6.45, 7) is 21.1. The molecule has 1 N–H and O–H groups in total. The number of aromatic nitrogens is 3. The smallest absolute Gasteiger partial charge is 0.221 e. The second kappa shape index (κ2) is 21.3. The van der Waals surface area contributed by atoms with Crippen LogP contribution in [-0.2, 0) is 21.5 Å². The summed E-state index contributed by atoms with van der Waals surface area (Å²) in [4.78, 5) is 22.0. The van der Waals surface area contributed by atoms with Gasteiger partial charge in [-0.3, -0.25) is 9.78 Å². The first kappa shape index (κ1) is 39.6. The average molecular weight is 610 g/mol. The topological polar surface area (TPSA) is 72.3 Å². The van der Waals surface area contributed by atoms with E-state index in [1.165, 1.54) is 13.3 Å². The van der Waals surface area contributed by atoms with Gasteiger partial charge in [0.25, 0.3) is 0 Å². The molecule has 2 heterocycles. The van der Waals surface area contributed by atoms with Crippen LogP contribution in [0.15, 0.2) is 71.8 Å². The molecule has 0 bridgehead atoms. The molecule has 0 saturated heterocycles. The molecule has 0 radical (unpaired) electrons. The molecular formula is C35H55N5O2S. The van der Waals surface area contributed by atoms with Crippen LogP contribution in [-0.4, -0.2) is 41.7 Å². The molecule has 7 nitrogen and oxygen atoms in total. The molecule has 2 aromatic carbocycles. The third-order valence-electron chi connectivity index (χ3n) is 5.69. The van der Waals surface area contributed by atoms with E-state index in [2.05, 4.69) is 82.8 Å². The van der Waals surface area contributed by atoms with Crippen LogP contribution in [0.4, 0.5) is 11.4 Å². The third kappa shape index (κ3) is 12.0. The van der Waals surface area contributed by atoms with Gasteiger partial charge in [0.15, 0.2) is 0 Å². The number of hydrogen-bond acceptors (Lipinski definition) is 6. The van der Waals surface area contributed by atoms with E-state index in [0.717, 1.165) is 45.4 Å². The summed E-state index contributed by atoms with van der Waals surface area (Å²) in [5.74, 6) is 0.942. The number of imidazole rings is 1. The van der Waals surface area contributed by atoms with Crippen LogP contribution in [0.5, 0.6) is 0 Å². The van der Waals surface area contributed by atoms with E-state index in [4.69, 9.17) is 4.98 Å². The highest BCUT2D eigenvalue weighted by atomic mass is 32.2. The first-order valence-corrected chi connectivity index (χ1v) is 16.0. The normalized spacial score (nSPS) is 9.98. The molecule has 0 atom stereocenters. The van der Waals surface area contributed by atoms with Crippen LogP contribution in [0.25, 0.3) is 11.0 Å². The van der Waals surface area contributed by atoms with Crippen LogP contribution >= 0.6 is 11.9 Å². The largest absolute Gasteiger partial charge is 0.388 e. The van der Waals surface area contributed by atoms with Crippen molar-refractivity contribution in [3.63, 3.8) is 0 Å². The fraction of sp³-hybridized carbons (Fsp3) is 0.457. The van der Waals surface area contributed by atoms with Gasteiger partial charge in [0.2, 0.25) is 5.91 Å². The van der Waals surface area contributed by atoms with Crippen molar-refractivity contribution in [2.45, 2.75) is 92.5 Å². The predicted molar refractivity (Wildman–Crippen MR) is 188 cm³/mol. The summed E-state index contributed by atoms with van der Waals surface area (Å²) in [7, 11) is 5.29. The van der Waals surface area contributed by atoms with Crippen molar-refractivity contribution in [3.8, 4) is 0 Å². The summed E-state index contributed by atoms with van der Waals surface area (Å²) < 4.78 is 8.66. The summed E-state index contributed by atoms with van der Waals surface area (Å²) in [5, 5.41) is 2.80. The number of amides is 1. The van der Waals surface area contributed by atoms with Gasteiger partial charge in [-0.1, -0.05) is 54.0 Å². The molecule has 4 rings (SSSR count). The van der Waals surface area contributed by atoms with E-state index in [9.17, 15) is 4.79 Å². The molecule has 2 aromatic heterocycles. The quantitative estimate of drug-likeness (QED) is 0.210. The molecular weight excluding hydrogens is 554 g/mol. The SMILES string of the molecule is CC.CC.CCC.CCn1c(C(C)(C)c2ccccn2)nc2cc(N(C)Sc3ccc(NC(C)=O)cc3)ccc21.COC. The Hall–Kier alpha value is -3.36. The minimum Gasteiger partial charge on any atom is -0.388 e. The zero-order chi connectivity index (χ0) is 33.0. The van der Waals surface area contributed by atoms with Crippen LogP contribution < -0.4 is 9.62 Å². The number of nitrogens with one attached hydrogen (secondary N) is 1. The number of methoxy groups -OCH3 is 1. The Balaban J connectivity index is 0.00000157. The van der Waals surface area contributed by atoms with E-state index in [1.54, 1.807) is 26.2 Å². The van der Waals surface area contributed by atoms with Crippen molar-refractivity contribution in [2.24, 2.45) is 0 Å². The summed E-state index contributed by atoms with van der Waals surface area (Å²) in [6, 6.07) is 20.3. The fourth-order valence-corrected chi connectivity index (χ4v) is 4.76. The predicted octanol–water partition coefficient (Wildman–Crippen LogP) is 9.61. The third-order valence-corrected chi connectivity index (χ3v) is 6.66. The minimum absolute atomic E-state index is 0.0714. The van der Waals surface area contributed by atoms with Gasteiger partial charge in [0, 0.05) is 57.2 Å². The first-order chi connectivity index (χ1) is 20.6. The number of hydrogen-bond donors (Lipinski definition) is 1. The lowest BCUT2D eigenvalue weighted by Gasteiger charge is -2.24. The Kier molecular flexibility index (Phi) is 19.7. The van der Waals surface area contributed by atoms with Gasteiger partial charge in [-0.25, -0.2) is 4.98 Å². The summed E-state index contributed by atoms with van der Waals surface area (Å²) in [6.07, 6.45) is 3.09. The summed E-state index contributed by atoms with van der Waals surface area (Å²) >= 11 is 1.63. The molecule has 0 saturated carbocycles. The van der Waals surface area contributed by atoms with Gasteiger partial charge >= 0.3 is 0 Å². The van der Waals surface area contributed by atoms with Crippen molar-refractivity contribution >= 4 is 40.3 Å². The van der Waals surface area contributed by atoms with Gasteiger partial charge in [0.1, 0.15) is 5.82 Å². The van der Waals surface area contributed by atoms with Crippen LogP contribution in [0.1, 0.15) is 87.2 Å². The Morgan fingerprint density at radius 1 is 0.977 bits per heavy atom. The highest BCUT2D eigenvalue weighted by Gasteiger charge is 2.30. The van der Waals surface area contributed by atoms with Crippen LogP contribution in [0, 0.1) is 0 Å². The van der Waals surface area contributed by atoms with Crippen LogP contribution in [0.3, 0.4) is 0 Å². The van der Waals surface area contributed by atoms with Crippen LogP contribution in [0.2, 0.25) is 0 Å². The standard InChI is InChI=1S/C26H29N5OS.C3H8.C2H6O.2C2H6/c1-6-31-23-15-12-20(30(5)33-21-13-10-19(11-14-21)28-18(2)32)17-22(23)29-25(31)26(3,4)24-9-7-8-16-27-24;2*1-3-2;2*1-2/h7-17H,6H2,1-5H3,(H,28,32);3H2,1-2H3;1-2H3;2*1-2H3. The molecule has 0 unspecified atom stereocenters. The molecule has 8 heteroatoms. The van der Waals surface area contributed by atoms with Gasteiger partial charge < -0.3 is 18.9 Å². The second-order valence-corrected chi connectivity index (χ2v) is 10.8. The highest BCUT2D eigenvalue weighted by Crippen LogP contribution is 2.35. The molecule has 0 fully saturated rings. The maximum absolute atomic E-state index is 11.2. The number of anilines is 2. The molecule has 238 valence electrons. The van der Waals surface area contributed by atoms with E-state index in [1.807, 2.05) is 77.3 Å². The van der Waals surface area contributed by atoms with Crippen molar-refractivity contribution in [1.29, 1.82) is 0 Å². The van der Waals surface area contributed by atoms with Crippen molar-refractivity contribution < 1.29 is 9.53 Å². The number of carbonyl (C=O) groups is 1. The highest BCUT2D eigenvalue weighted by molar-refractivity contribution is 8.00.